The zero-order valence-corrected chi connectivity index (χ0v) is 21.6. The molecule has 8 heteroatoms. The van der Waals surface area contributed by atoms with Crippen LogP contribution in [0.2, 0.25) is 0 Å². The highest BCUT2D eigenvalue weighted by atomic mass is 16.5. The number of urea groups is 1. The maximum Gasteiger partial charge on any atom is 0.319 e. The van der Waals surface area contributed by atoms with Crippen LogP contribution in [0.15, 0.2) is 61.1 Å². The van der Waals surface area contributed by atoms with Gasteiger partial charge in [-0.25, -0.2) is 9.78 Å². The van der Waals surface area contributed by atoms with Gasteiger partial charge in [-0.3, -0.25) is 0 Å². The number of nitrogens with zero attached hydrogens (tertiary/aromatic N) is 2. The Labute approximate surface area is 219 Å². The standard InChI is InChI=1S/C29H39N5O3/c35-29(31-15-7-1-2-8-17-36-18-9-6-12-24-10-4-3-5-11-24)33-25-13-14-28-27(20-25)34(16-19-37-28)22-26-21-30-23-32-26/h3-5,10-11,13-14,20-21,23H,1-2,6-9,12,15-19,22H2,(H,30,32)(H2,31,33,35). The van der Waals surface area contributed by atoms with E-state index in [4.69, 9.17) is 9.47 Å². The van der Waals surface area contributed by atoms with Gasteiger partial charge in [0.15, 0.2) is 0 Å². The first-order chi connectivity index (χ1) is 18.3. The Morgan fingerprint density at radius 2 is 1.86 bits per heavy atom. The minimum atomic E-state index is -0.186. The molecule has 198 valence electrons. The van der Waals surface area contributed by atoms with Gasteiger partial charge < -0.3 is 30.0 Å². The van der Waals surface area contributed by atoms with Crippen LogP contribution in [0.25, 0.3) is 0 Å². The molecule has 0 unspecified atom stereocenters. The summed E-state index contributed by atoms with van der Waals surface area (Å²) in [7, 11) is 0. The highest BCUT2D eigenvalue weighted by molar-refractivity contribution is 5.90. The van der Waals surface area contributed by atoms with Crippen LogP contribution in [0.1, 0.15) is 49.8 Å². The molecule has 1 aliphatic rings. The lowest BCUT2D eigenvalue weighted by atomic mass is 10.1. The topological polar surface area (TPSA) is 91.5 Å². The Kier molecular flexibility index (Phi) is 10.7. The van der Waals surface area contributed by atoms with Crippen molar-refractivity contribution >= 4 is 17.4 Å². The summed E-state index contributed by atoms with van der Waals surface area (Å²) in [4.78, 5) is 21.9. The molecule has 1 aromatic heterocycles. The van der Waals surface area contributed by atoms with E-state index < -0.39 is 0 Å². The second kappa shape index (κ2) is 14.9. The molecular weight excluding hydrogens is 466 g/mol. The number of H-pyrrole nitrogens is 1. The summed E-state index contributed by atoms with van der Waals surface area (Å²) < 4.78 is 11.5. The molecule has 0 saturated heterocycles. The molecular formula is C29H39N5O3. The first-order valence-corrected chi connectivity index (χ1v) is 13.4. The molecule has 2 heterocycles. The largest absolute Gasteiger partial charge is 0.490 e. The molecule has 0 saturated carbocycles. The van der Waals surface area contributed by atoms with Gasteiger partial charge in [0, 0.05) is 31.6 Å². The summed E-state index contributed by atoms with van der Waals surface area (Å²) in [5.41, 5.74) is 4.07. The van der Waals surface area contributed by atoms with Crippen molar-refractivity contribution in [3.63, 3.8) is 0 Å². The van der Waals surface area contributed by atoms with Gasteiger partial charge in [0.1, 0.15) is 12.4 Å². The van der Waals surface area contributed by atoms with Crippen molar-refractivity contribution in [2.75, 3.05) is 43.1 Å². The zero-order chi connectivity index (χ0) is 25.5. The third-order valence-corrected chi connectivity index (χ3v) is 6.43. The SMILES string of the molecule is O=C(NCCCCCCOCCCCc1ccccc1)Nc1ccc2c(c1)N(Cc1c[nH]cn1)CCO2. The van der Waals surface area contributed by atoms with E-state index in [1.54, 1.807) is 6.33 Å². The first-order valence-electron chi connectivity index (χ1n) is 13.4. The third kappa shape index (κ3) is 9.13. The number of carbonyl (C=O) groups is 1. The molecule has 37 heavy (non-hydrogen) atoms. The van der Waals surface area contributed by atoms with Gasteiger partial charge >= 0.3 is 6.03 Å². The quantitative estimate of drug-likeness (QED) is 0.236. The smallest absolute Gasteiger partial charge is 0.319 e. The van der Waals surface area contributed by atoms with Gasteiger partial charge in [-0.05, 0) is 55.9 Å². The number of rotatable bonds is 15. The number of amides is 2. The fourth-order valence-electron chi connectivity index (χ4n) is 4.43. The van der Waals surface area contributed by atoms with Crippen molar-refractivity contribution < 1.29 is 14.3 Å². The molecule has 3 aromatic rings. The second-order valence-corrected chi connectivity index (χ2v) is 9.36. The summed E-state index contributed by atoms with van der Waals surface area (Å²) in [6.07, 6.45) is 11.2. The number of benzene rings is 2. The summed E-state index contributed by atoms with van der Waals surface area (Å²) in [6, 6.07) is 16.2. The summed E-state index contributed by atoms with van der Waals surface area (Å²) in [5.74, 6) is 0.823. The van der Waals surface area contributed by atoms with Gasteiger partial charge in [0.25, 0.3) is 0 Å². The van der Waals surface area contributed by atoms with Crippen molar-refractivity contribution in [3.8, 4) is 5.75 Å². The lowest BCUT2D eigenvalue weighted by Crippen LogP contribution is -2.33. The van der Waals surface area contributed by atoms with E-state index in [1.165, 1.54) is 12.0 Å². The van der Waals surface area contributed by atoms with Crippen molar-refractivity contribution in [3.05, 3.63) is 72.3 Å². The summed E-state index contributed by atoms with van der Waals surface area (Å²) >= 11 is 0. The van der Waals surface area contributed by atoms with E-state index >= 15 is 0 Å². The highest BCUT2D eigenvalue weighted by Crippen LogP contribution is 2.34. The maximum absolute atomic E-state index is 12.4. The fourth-order valence-corrected chi connectivity index (χ4v) is 4.43. The van der Waals surface area contributed by atoms with Crippen LogP contribution in [0.5, 0.6) is 5.75 Å². The zero-order valence-electron chi connectivity index (χ0n) is 21.6. The molecule has 0 radical (unpaired) electrons. The van der Waals surface area contributed by atoms with Crippen molar-refractivity contribution in [1.82, 2.24) is 15.3 Å². The average Bonchev–Trinajstić information content (AvgIpc) is 3.43. The molecule has 0 spiro atoms. The highest BCUT2D eigenvalue weighted by Gasteiger charge is 2.19. The van der Waals surface area contributed by atoms with E-state index in [0.717, 1.165) is 81.1 Å². The summed E-state index contributed by atoms with van der Waals surface area (Å²) in [5, 5.41) is 5.90. The Morgan fingerprint density at radius 1 is 1.03 bits per heavy atom. The second-order valence-electron chi connectivity index (χ2n) is 9.36. The molecule has 4 rings (SSSR count). The molecule has 2 amide bonds. The fraction of sp³-hybridized carbons (Fsp3) is 0.448. The number of imidazole rings is 1. The third-order valence-electron chi connectivity index (χ3n) is 6.43. The number of ether oxygens (including phenoxy) is 2. The monoisotopic (exact) mass is 505 g/mol. The number of fused-ring (bicyclic) bond motifs is 1. The lowest BCUT2D eigenvalue weighted by molar-refractivity contribution is 0.126. The van der Waals surface area contributed by atoms with Gasteiger partial charge in [0.05, 0.1) is 30.8 Å². The number of nitrogens with one attached hydrogen (secondary N) is 3. The molecule has 3 N–H and O–H groups in total. The Hall–Kier alpha value is -3.52. The van der Waals surface area contributed by atoms with E-state index in [0.29, 0.717) is 19.7 Å². The van der Waals surface area contributed by atoms with Crippen molar-refractivity contribution in [2.45, 2.75) is 51.5 Å². The predicted molar refractivity (Wildman–Crippen MR) is 147 cm³/mol. The Morgan fingerprint density at radius 3 is 2.70 bits per heavy atom. The maximum atomic E-state index is 12.4. The number of anilines is 2. The summed E-state index contributed by atoms with van der Waals surface area (Å²) in [6.45, 7) is 4.41. The lowest BCUT2D eigenvalue weighted by Gasteiger charge is -2.31. The number of aromatic amines is 1. The molecule has 1 aliphatic heterocycles. The van der Waals surface area contributed by atoms with E-state index in [-0.39, 0.29) is 6.03 Å². The number of aromatic nitrogens is 2. The average molecular weight is 506 g/mol. The van der Waals surface area contributed by atoms with Crippen LogP contribution in [0, 0.1) is 0 Å². The van der Waals surface area contributed by atoms with Gasteiger partial charge in [0.2, 0.25) is 0 Å². The van der Waals surface area contributed by atoms with Crippen LogP contribution in [0.3, 0.4) is 0 Å². The molecule has 0 aliphatic carbocycles. The molecule has 8 nitrogen and oxygen atoms in total. The van der Waals surface area contributed by atoms with Crippen molar-refractivity contribution in [2.24, 2.45) is 0 Å². The normalized spacial score (nSPS) is 12.6. The Balaban J connectivity index is 1.03. The van der Waals surface area contributed by atoms with Gasteiger partial charge in [-0.15, -0.1) is 0 Å². The number of unbranched alkanes of at least 4 members (excludes halogenated alkanes) is 4. The predicted octanol–water partition coefficient (Wildman–Crippen LogP) is 5.53. The van der Waals surface area contributed by atoms with Crippen LogP contribution in [-0.4, -0.2) is 48.9 Å². The number of hydrogen-bond donors (Lipinski definition) is 3. The van der Waals surface area contributed by atoms with E-state index in [2.05, 4.69) is 55.8 Å². The van der Waals surface area contributed by atoms with Crippen LogP contribution < -0.4 is 20.3 Å². The molecule has 0 bridgehead atoms. The van der Waals surface area contributed by atoms with Gasteiger partial charge in [-0.1, -0.05) is 43.2 Å². The van der Waals surface area contributed by atoms with Crippen LogP contribution in [-0.2, 0) is 17.7 Å². The number of hydrogen-bond acceptors (Lipinski definition) is 5. The van der Waals surface area contributed by atoms with Crippen molar-refractivity contribution in [1.29, 1.82) is 0 Å². The van der Waals surface area contributed by atoms with Gasteiger partial charge in [-0.2, -0.15) is 0 Å². The van der Waals surface area contributed by atoms with Crippen LogP contribution >= 0.6 is 0 Å². The van der Waals surface area contributed by atoms with E-state index in [9.17, 15) is 4.79 Å². The Bertz CT molecular complexity index is 1060. The van der Waals surface area contributed by atoms with Crippen LogP contribution in [0.4, 0.5) is 16.2 Å². The number of aryl methyl sites for hydroxylation is 1. The first kappa shape index (κ1) is 26.5. The number of carbonyl (C=O) groups excluding carboxylic acids is 1. The molecule has 0 fully saturated rings. The minimum Gasteiger partial charge on any atom is -0.490 e. The van der Waals surface area contributed by atoms with E-state index in [1.807, 2.05) is 24.4 Å². The molecule has 2 aromatic carbocycles. The minimum absolute atomic E-state index is 0.186. The molecule has 0 atom stereocenters.